The Hall–Kier alpha value is -2.45. The number of hydrogen-bond acceptors (Lipinski definition) is 6. The zero-order chi connectivity index (χ0) is 18.1. The van der Waals surface area contributed by atoms with Crippen LogP contribution in [0.15, 0.2) is 52.2 Å². The minimum Gasteiger partial charge on any atom is -0.467 e. The highest BCUT2D eigenvalue weighted by atomic mass is 35.5. The third kappa shape index (κ3) is 3.30. The third-order valence-electron chi connectivity index (χ3n) is 4.10. The van der Waals surface area contributed by atoms with Crippen LogP contribution in [0, 0.1) is 6.92 Å². The van der Waals surface area contributed by atoms with Gasteiger partial charge in [-0.2, -0.15) is 0 Å². The molecule has 4 rings (SSSR count). The van der Waals surface area contributed by atoms with E-state index < -0.39 is 5.25 Å². The predicted molar refractivity (Wildman–Crippen MR) is 98.5 cm³/mol. The normalized spacial score (nSPS) is 18.8. The fourth-order valence-corrected chi connectivity index (χ4v) is 4.04. The second-order valence-corrected chi connectivity index (χ2v) is 7.40. The van der Waals surface area contributed by atoms with Crippen LogP contribution in [0.3, 0.4) is 0 Å². The Morgan fingerprint density at radius 2 is 2.15 bits per heavy atom. The van der Waals surface area contributed by atoms with Gasteiger partial charge in [0.05, 0.1) is 18.8 Å². The summed E-state index contributed by atoms with van der Waals surface area (Å²) in [5.74, 6) is 1.33. The van der Waals surface area contributed by atoms with Crippen LogP contribution in [0.1, 0.15) is 23.2 Å². The van der Waals surface area contributed by atoms with Gasteiger partial charge in [0, 0.05) is 5.02 Å². The third-order valence-corrected chi connectivity index (χ3v) is 5.57. The number of carbonyl (C=O) groups is 1. The first kappa shape index (κ1) is 17.0. The van der Waals surface area contributed by atoms with Gasteiger partial charge >= 0.3 is 0 Å². The van der Waals surface area contributed by atoms with Crippen LogP contribution in [0.5, 0.6) is 0 Å². The van der Waals surface area contributed by atoms with Crippen molar-refractivity contribution in [3.63, 3.8) is 0 Å². The number of fused-ring (bicyclic) bond motifs is 1. The Morgan fingerprint density at radius 3 is 2.88 bits per heavy atom. The lowest BCUT2D eigenvalue weighted by Crippen LogP contribution is -2.43. The molecule has 0 aliphatic carbocycles. The molecular weight excluding hydrogens is 374 g/mol. The van der Waals surface area contributed by atoms with Crippen molar-refractivity contribution in [2.45, 2.75) is 29.9 Å². The van der Waals surface area contributed by atoms with E-state index in [-0.39, 0.29) is 11.9 Å². The lowest BCUT2D eigenvalue weighted by molar-refractivity contribution is -0.121. The van der Waals surface area contributed by atoms with E-state index in [9.17, 15) is 4.79 Å². The van der Waals surface area contributed by atoms with Gasteiger partial charge in [-0.25, -0.2) is 4.68 Å². The largest absolute Gasteiger partial charge is 0.467 e. The molecule has 0 saturated carbocycles. The van der Waals surface area contributed by atoms with E-state index in [1.807, 2.05) is 37.3 Å². The Bertz CT molecular complexity index is 910. The highest BCUT2D eigenvalue weighted by Gasteiger charge is 2.37. The fraction of sp³-hybridized carbons (Fsp3) is 0.235. The molecule has 1 aromatic carbocycles. The minimum atomic E-state index is -0.415. The first-order chi connectivity index (χ1) is 12.6. The van der Waals surface area contributed by atoms with E-state index in [4.69, 9.17) is 16.0 Å². The molecule has 2 N–H and O–H groups in total. The van der Waals surface area contributed by atoms with Crippen molar-refractivity contribution in [2.75, 3.05) is 5.43 Å². The quantitative estimate of drug-likeness (QED) is 0.713. The Balaban J connectivity index is 1.60. The summed E-state index contributed by atoms with van der Waals surface area (Å²) in [6.07, 6.45) is 1.58. The molecule has 0 unspecified atom stereocenters. The van der Waals surface area contributed by atoms with Crippen molar-refractivity contribution < 1.29 is 9.21 Å². The highest BCUT2D eigenvalue weighted by Crippen LogP contribution is 2.37. The number of rotatable bonds is 4. The van der Waals surface area contributed by atoms with Crippen molar-refractivity contribution in [2.24, 2.45) is 0 Å². The van der Waals surface area contributed by atoms with Crippen LogP contribution in [0.2, 0.25) is 5.02 Å². The predicted octanol–water partition coefficient (Wildman–Crippen LogP) is 2.91. The summed E-state index contributed by atoms with van der Waals surface area (Å²) in [6, 6.07) is 10.8. The van der Waals surface area contributed by atoms with Crippen LogP contribution >= 0.6 is 23.4 Å². The summed E-state index contributed by atoms with van der Waals surface area (Å²) in [6.45, 7) is 2.20. The summed E-state index contributed by atoms with van der Waals surface area (Å²) in [5.41, 5.74) is 4.31. The minimum absolute atomic E-state index is 0.106. The van der Waals surface area contributed by atoms with Crippen LogP contribution in [0.25, 0.3) is 0 Å². The Labute approximate surface area is 159 Å². The number of aromatic nitrogens is 3. The van der Waals surface area contributed by atoms with Crippen molar-refractivity contribution in [1.29, 1.82) is 0 Å². The molecule has 2 atom stereocenters. The molecule has 0 spiro atoms. The molecule has 3 aromatic rings. The molecule has 7 nitrogen and oxygen atoms in total. The molecule has 0 radical (unpaired) electrons. The van der Waals surface area contributed by atoms with E-state index in [1.54, 1.807) is 17.0 Å². The second kappa shape index (κ2) is 7.05. The zero-order valence-corrected chi connectivity index (χ0v) is 15.4. The van der Waals surface area contributed by atoms with Gasteiger partial charge in [0.15, 0.2) is 0 Å². The van der Waals surface area contributed by atoms with Crippen molar-refractivity contribution in [3.8, 4) is 0 Å². The molecule has 1 amide bonds. The molecule has 1 aliphatic rings. The number of nitrogens with zero attached hydrogens (tertiary/aromatic N) is 3. The Morgan fingerprint density at radius 1 is 1.35 bits per heavy atom. The van der Waals surface area contributed by atoms with Gasteiger partial charge in [0.2, 0.25) is 11.1 Å². The molecule has 2 aromatic heterocycles. The van der Waals surface area contributed by atoms with Crippen molar-refractivity contribution in [3.05, 3.63) is 64.8 Å². The number of furan rings is 1. The van der Waals surface area contributed by atoms with Gasteiger partial charge in [-0.3, -0.25) is 4.79 Å². The number of hydrogen-bond donors (Lipinski definition) is 2. The molecule has 0 fully saturated rings. The maximum Gasteiger partial charge on any atom is 0.236 e. The maximum absolute atomic E-state index is 12.9. The number of thioether (sulfide) groups is 1. The Kier molecular flexibility index (Phi) is 4.60. The molecule has 9 heteroatoms. The smallest absolute Gasteiger partial charge is 0.236 e. The van der Waals surface area contributed by atoms with E-state index in [0.29, 0.717) is 22.5 Å². The average molecular weight is 390 g/mol. The molecule has 1 aliphatic heterocycles. The summed E-state index contributed by atoms with van der Waals surface area (Å²) in [7, 11) is 0. The summed E-state index contributed by atoms with van der Waals surface area (Å²) < 4.78 is 7.08. The highest BCUT2D eigenvalue weighted by molar-refractivity contribution is 8.00. The lowest BCUT2D eigenvalue weighted by atomic mass is 10.0. The second-order valence-electron chi connectivity index (χ2n) is 5.86. The number of nitrogens with one attached hydrogen (secondary N) is 2. The van der Waals surface area contributed by atoms with Gasteiger partial charge in [-0.15, -0.1) is 10.2 Å². The summed E-state index contributed by atoms with van der Waals surface area (Å²) in [5, 5.41) is 12.0. The summed E-state index contributed by atoms with van der Waals surface area (Å²) in [4.78, 5) is 12.9. The monoisotopic (exact) mass is 389 g/mol. The van der Waals surface area contributed by atoms with Gasteiger partial charge in [0.1, 0.15) is 16.8 Å². The fourth-order valence-electron chi connectivity index (χ4n) is 2.77. The van der Waals surface area contributed by atoms with Gasteiger partial charge < -0.3 is 15.2 Å². The van der Waals surface area contributed by atoms with Crippen LogP contribution in [-0.4, -0.2) is 26.0 Å². The van der Waals surface area contributed by atoms with Crippen LogP contribution in [-0.2, 0) is 11.3 Å². The van der Waals surface area contributed by atoms with E-state index in [2.05, 4.69) is 20.9 Å². The maximum atomic E-state index is 12.9. The molecular formula is C17H16ClN5O2S. The molecule has 26 heavy (non-hydrogen) atoms. The number of halogens is 1. The SMILES string of the molecule is Cc1nnc2n1N[C@H](c1ccc(Cl)cc1)[C@H](C(=O)NCc1ccco1)S2. The first-order valence-corrected chi connectivity index (χ1v) is 9.28. The molecule has 3 heterocycles. The lowest BCUT2D eigenvalue weighted by Gasteiger charge is -2.32. The van der Waals surface area contributed by atoms with Gasteiger partial charge in [0.25, 0.3) is 0 Å². The van der Waals surface area contributed by atoms with Crippen LogP contribution in [0.4, 0.5) is 0 Å². The van der Waals surface area contributed by atoms with Gasteiger partial charge in [-0.1, -0.05) is 35.5 Å². The standard InChI is InChI=1S/C17H16ClN5O2S/c1-10-20-21-17-23(10)22-14(11-4-6-12(18)7-5-11)15(26-17)16(24)19-9-13-3-2-8-25-13/h2-8,14-15,22H,9H2,1H3,(H,19,24)/t14-,15-/m1/s1. The zero-order valence-electron chi connectivity index (χ0n) is 13.8. The topological polar surface area (TPSA) is 85.0 Å². The van der Waals surface area contributed by atoms with Crippen molar-refractivity contribution in [1.82, 2.24) is 20.2 Å². The summed E-state index contributed by atoms with van der Waals surface area (Å²) >= 11 is 7.39. The number of aryl methyl sites for hydroxylation is 1. The number of amides is 1. The number of carbonyl (C=O) groups excluding carboxylic acids is 1. The van der Waals surface area contributed by atoms with E-state index >= 15 is 0 Å². The number of benzene rings is 1. The molecule has 134 valence electrons. The van der Waals surface area contributed by atoms with E-state index in [1.165, 1.54) is 11.8 Å². The molecule has 0 saturated heterocycles. The van der Waals surface area contributed by atoms with Crippen LogP contribution < -0.4 is 10.7 Å². The van der Waals surface area contributed by atoms with Gasteiger partial charge in [-0.05, 0) is 36.8 Å². The van der Waals surface area contributed by atoms with E-state index in [0.717, 1.165) is 11.4 Å². The first-order valence-electron chi connectivity index (χ1n) is 8.02. The molecule has 0 bridgehead atoms. The van der Waals surface area contributed by atoms with Crippen molar-refractivity contribution >= 4 is 29.3 Å². The average Bonchev–Trinajstić information content (AvgIpc) is 3.29.